The molecule has 0 aliphatic heterocycles. The van der Waals surface area contributed by atoms with Crippen LogP contribution in [0, 0.1) is 5.41 Å². The van der Waals surface area contributed by atoms with E-state index in [0.717, 1.165) is 17.9 Å². The monoisotopic (exact) mass is 325 g/mol. The highest BCUT2D eigenvalue weighted by molar-refractivity contribution is 9.09. The lowest BCUT2D eigenvalue weighted by atomic mass is 10.1. The van der Waals surface area contributed by atoms with Gasteiger partial charge in [0.15, 0.2) is 0 Å². The highest BCUT2D eigenvalue weighted by Gasteiger charge is 2.54. The standard InChI is InChI=1S/C15H20BrNO2/c1-14(2,3)19-11-7-5-10(6-8-11)17-13(18)15(4)9-12(15)16/h5-8,12H,9H2,1-4H3,(H,17,18). The van der Waals surface area contributed by atoms with Crippen LogP contribution in [0.5, 0.6) is 5.75 Å². The maximum Gasteiger partial charge on any atom is 0.231 e. The zero-order chi connectivity index (χ0) is 14.3. The van der Waals surface area contributed by atoms with E-state index in [-0.39, 0.29) is 16.9 Å². The summed E-state index contributed by atoms with van der Waals surface area (Å²) in [6.45, 7) is 7.99. The lowest BCUT2D eigenvalue weighted by molar-refractivity contribution is -0.120. The average molecular weight is 326 g/mol. The number of halogens is 1. The maximum absolute atomic E-state index is 12.0. The van der Waals surface area contributed by atoms with Crippen LogP contribution in [0.15, 0.2) is 24.3 Å². The van der Waals surface area contributed by atoms with Gasteiger partial charge in [-0.2, -0.15) is 0 Å². The molecule has 1 amide bonds. The third-order valence-corrected chi connectivity index (χ3v) is 4.52. The third kappa shape index (κ3) is 3.50. The molecule has 1 saturated carbocycles. The fourth-order valence-electron chi connectivity index (χ4n) is 1.78. The molecule has 0 saturated heterocycles. The Balaban J connectivity index is 1.98. The molecule has 4 heteroatoms. The minimum absolute atomic E-state index is 0.0684. The Morgan fingerprint density at radius 2 is 1.89 bits per heavy atom. The zero-order valence-corrected chi connectivity index (χ0v) is 13.4. The van der Waals surface area contributed by atoms with Gasteiger partial charge in [0.05, 0.1) is 5.41 Å². The molecule has 1 N–H and O–H groups in total. The van der Waals surface area contributed by atoms with Crippen molar-refractivity contribution in [3.8, 4) is 5.75 Å². The predicted molar refractivity (Wildman–Crippen MR) is 80.9 cm³/mol. The Morgan fingerprint density at radius 3 is 2.32 bits per heavy atom. The molecule has 104 valence electrons. The first-order valence-corrected chi connectivity index (χ1v) is 7.37. The van der Waals surface area contributed by atoms with Gasteiger partial charge >= 0.3 is 0 Å². The number of benzene rings is 1. The number of carbonyl (C=O) groups excluding carboxylic acids is 1. The molecular weight excluding hydrogens is 306 g/mol. The smallest absolute Gasteiger partial charge is 0.231 e. The van der Waals surface area contributed by atoms with Crippen LogP contribution >= 0.6 is 15.9 Å². The quantitative estimate of drug-likeness (QED) is 0.854. The second-order valence-corrected chi connectivity index (χ2v) is 7.39. The molecule has 1 aromatic rings. The minimum atomic E-state index is -0.263. The summed E-state index contributed by atoms with van der Waals surface area (Å²) in [6.07, 6.45) is 0.893. The molecule has 2 unspecified atom stereocenters. The Morgan fingerprint density at radius 1 is 1.37 bits per heavy atom. The van der Waals surface area contributed by atoms with Crippen LogP contribution in [0.4, 0.5) is 5.69 Å². The maximum atomic E-state index is 12.0. The van der Waals surface area contributed by atoms with Gasteiger partial charge in [0.1, 0.15) is 11.4 Å². The third-order valence-electron chi connectivity index (χ3n) is 3.19. The Kier molecular flexibility index (Phi) is 3.65. The van der Waals surface area contributed by atoms with Gasteiger partial charge in [-0.25, -0.2) is 0 Å². The molecule has 0 radical (unpaired) electrons. The second kappa shape index (κ2) is 4.82. The summed E-state index contributed by atoms with van der Waals surface area (Å²) in [7, 11) is 0. The van der Waals surface area contributed by atoms with Crippen molar-refractivity contribution in [2.24, 2.45) is 5.41 Å². The first-order chi connectivity index (χ1) is 8.71. The van der Waals surface area contributed by atoms with E-state index < -0.39 is 0 Å². The second-order valence-electron chi connectivity index (χ2n) is 6.28. The highest BCUT2D eigenvalue weighted by Crippen LogP contribution is 2.51. The van der Waals surface area contributed by atoms with Crippen molar-refractivity contribution in [2.45, 2.75) is 44.5 Å². The van der Waals surface area contributed by atoms with Crippen LogP contribution in [0.25, 0.3) is 0 Å². The number of rotatable bonds is 3. The normalized spacial score (nSPS) is 25.8. The van der Waals surface area contributed by atoms with Crippen LogP contribution in [0.1, 0.15) is 34.1 Å². The molecule has 1 aliphatic carbocycles. The summed E-state index contributed by atoms with van der Waals surface area (Å²) in [5, 5.41) is 2.94. The number of hydrogen-bond acceptors (Lipinski definition) is 2. The SMILES string of the molecule is CC(C)(C)Oc1ccc(NC(=O)C2(C)CC2Br)cc1. The number of ether oxygens (including phenoxy) is 1. The van der Waals surface area contributed by atoms with Gasteiger partial charge in [0.25, 0.3) is 0 Å². The number of amides is 1. The summed E-state index contributed by atoms with van der Waals surface area (Å²) in [5.41, 5.74) is 0.329. The molecule has 0 heterocycles. The van der Waals surface area contributed by atoms with E-state index in [0.29, 0.717) is 4.83 Å². The van der Waals surface area contributed by atoms with E-state index in [1.807, 2.05) is 52.0 Å². The molecule has 0 bridgehead atoms. The molecule has 1 fully saturated rings. The molecule has 3 nitrogen and oxygen atoms in total. The fourth-order valence-corrected chi connectivity index (χ4v) is 2.66. The van der Waals surface area contributed by atoms with Crippen LogP contribution in [-0.2, 0) is 4.79 Å². The topological polar surface area (TPSA) is 38.3 Å². The summed E-state index contributed by atoms with van der Waals surface area (Å²) < 4.78 is 5.74. The van der Waals surface area contributed by atoms with E-state index in [4.69, 9.17) is 4.74 Å². The van der Waals surface area contributed by atoms with Gasteiger partial charge in [-0.1, -0.05) is 15.9 Å². The highest BCUT2D eigenvalue weighted by atomic mass is 79.9. The zero-order valence-electron chi connectivity index (χ0n) is 11.8. The predicted octanol–water partition coefficient (Wildman–Crippen LogP) is 3.98. The number of hydrogen-bond donors (Lipinski definition) is 1. The summed E-state index contributed by atoms with van der Waals surface area (Å²) in [6, 6.07) is 7.49. The fraction of sp³-hybridized carbons (Fsp3) is 0.533. The van der Waals surface area contributed by atoms with Crippen molar-refractivity contribution >= 4 is 27.5 Å². The van der Waals surface area contributed by atoms with Gasteiger partial charge < -0.3 is 10.1 Å². The summed E-state index contributed by atoms with van der Waals surface area (Å²) in [5.74, 6) is 0.875. The Labute approximate surface area is 122 Å². The molecule has 0 spiro atoms. The molecule has 1 aromatic carbocycles. The summed E-state index contributed by atoms with van der Waals surface area (Å²) in [4.78, 5) is 12.3. The van der Waals surface area contributed by atoms with Gasteiger partial charge in [0.2, 0.25) is 5.91 Å². The van der Waals surface area contributed by atoms with Crippen LogP contribution in [0.2, 0.25) is 0 Å². The van der Waals surface area contributed by atoms with Crippen LogP contribution in [-0.4, -0.2) is 16.3 Å². The van der Waals surface area contributed by atoms with Crippen molar-refractivity contribution < 1.29 is 9.53 Å². The average Bonchev–Trinajstić information content (AvgIpc) is 2.89. The van der Waals surface area contributed by atoms with Gasteiger partial charge in [-0.3, -0.25) is 4.79 Å². The van der Waals surface area contributed by atoms with Crippen molar-refractivity contribution in [2.75, 3.05) is 5.32 Å². The summed E-state index contributed by atoms with van der Waals surface area (Å²) >= 11 is 3.48. The molecule has 1 aliphatic rings. The van der Waals surface area contributed by atoms with Crippen molar-refractivity contribution in [3.63, 3.8) is 0 Å². The Hall–Kier alpha value is -1.03. The van der Waals surface area contributed by atoms with Crippen molar-refractivity contribution in [1.29, 1.82) is 0 Å². The molecule has 2 atom stereocenters. The molecular formula is C15H20BrNO2. The van der Waals surface area contributed by atoms with E-state index in [1.165, 1.54) is 0 Å². The molecule has 2 rings (SSSR count). The first kappa shape index (κ1) is 14.4. The van der Waals surface area contributed by atoms with E-state index >= 15 is 0 Å². The number of alkyl halides is 1. The number of nitrogens with one attached hydrogen (secondary N) is 1. The number of carbonyl (C=O) groups is 1. The van der Waals surface area contributed by atoms with E-state index in [1.54, 1.807) is 0 Å². The minimum Gasteiger partial charge on any atom is -0.488 e. The lowest BCUT2D eigenvalue weighted by Gasteiger charge is -2.21. The first-order valence-electron chi connectivity index (χ1n) is 6.45. The largest absolute Gasteiger partial charge is 0.488 e. The van der Waals surface area contributed by atoms with Crippen molar-refractivity contribution in [1.82, 2.24) is 0 Å². The van der Waals surface area contributed by atoms with Crippen LogP contribution < -0.4 is 10.1 Å². The van der Waals surface area contributed by atoms with Gasteiger partial charge in [-0.05, 0) is 58.4 Å². The van der Waals surface area contributed by atoms with Crippen LogP contribution in [0.3, 0.4) is 0 Å². The van der Waals surface area contributed by atoms with E-state index in [9.17, 15) is 4.79 Å². The molecule has 0 aromatic heterocycles. The number of anilines is 1. The van der Waals surface area contributed by atoms with Crippen molar-refractivity contribution in [3.05, 3.63) is 24.3 Å². The van der Waals surface area contributed by atoms with Gasteiger partial charge in [0, 0.05) is 10.5 Å². The van der Waals surface area contributed by atoms with Gasteiger partial charge in [-0.15, -0.1) is 0 Å². The van der Waals surface area contributed by atoms with E-state index in [2.05, 4.69) is 21.2 Å². The Bertz CT molecular complexity index is 478. The molecule has 19 heavy (non-hydrogen) atoms. The lowest BCUT2D eigenvalue weighted by Crippen LogP contribution is -2.24.